The highest BCUT2D eigenvalue weighted by Gasteiger charge is 2.45. The maximum Gasteiger partial charge on any atom is 0.295 e. The second-order valence-corrected chi connectivity index (χ2v) is 7.96. The Kier molecular flexibility index (Phi) is 6.69. The van der Waals surface area contributed by atoms with Crippen LogP contribution in [0.3, 0.4) is 0 Å². The first-order valence-corrected chi connectivity index (χ1v) is 10.1. The maximum atomic E-state index is 14.1. The molecule has 3 rings (SSSR count). The fourth-order valence-corrected chi connectivity index (χ4v) is 3.69. The number of aliphatic hydroxyl groups is 1. The number of hydrogen-bond donors (Lipinski definition) is 1. The lowest BCUT2D eigenvalue weighted by atomic mass is 9.94. The van der Waals surface area contributed by atoms with Crippen molar-refractivity contribution in [3.05, 3.63) is 80.7 Å². The zero-order valence-corrected chi connectivity index (χ0v) is 18.0. The molecule has 1 aliphatic rings. The zero-order valence-electron chi connectivity index (χ0n) is 18.0. The topological polar surface area (TPSA) is 104 Å². The fraction of sp³-hybridized carbons (Fsp3) is 0.304. The van der Waals surface area contributed by atoms with Crippen LogP contribution in [0.2, 0.25) is 0 Å². The number of carbonyl (C=O) groups is 2. The van der Waals surface area contributed by atoms with E-state index in [4.69, 9.17) is 0 Å². The molecule has 1 saturated heterocycles. The van der Waals surface area contributed by atoms with Crippen LogP contribution in [0.5, 0.6) is 0 Å². The summed E-state index contributed by atoms with van der Waals surface area (Å²) in [5.41, 5.74) is 0.577. The number of nitro benzene ring substituents is 1. The van der Waals surface area contributed by atoms with Gasteiger partial charge >= 0.3 is 0 Å². The van der Waals surface area contributed by atoms with Gasteiger partial charge in [-0.1, -0.05) is 12.1 Å². The lowest BCUT2D eigenvalue weighted by Crippen LogP contribution is -2.32. The van der Waals surface area contributed by atoms with Crippen molar-refractivity contribution in [2.75, 3.05) is 27.2 Å². The Morgan fingerprint density at radius 1 is 1.19 bits per heavy atom. The van der Waals surface area contributed by atoms with Gasteiger partial charge in [0.05, 0.1) is 16.5 Å². The molecular formula is C23H24FN3O5. The van der Waals surface area contributed by atoms with Gasteiger partial charge in [0.1, 0.15) is 11.6 Å². The van der Waals surface area contributed by atoms with Crippen molar-refractivity contribution >= 4 is 23.1 Å². The predicted molar refractivity (Wildman–Crippen MR) is 116 cm³/mol. The van der Waals surface area contributed by atoms with Crippen LogP contribution in [0.25, 0.3) is 5.76 Å². The predicted octanol–water partition coefficient (Wildman–Crippen LogP) is 3.42. The van der Waals surface area contributed by atoms with Crippen molar-refractivity contribution in [2.45, 2.75) is 19.4 Å². The van der Waals surface area contributed by atoms with Crippen molar-refractivity contribution in [3.8, 4) is 0 Å². The monoisotopic (exact) mass is 441 g/mol. The first-order chi connectivity index (χ1) is 15.1. The number of aliphatic hydroxyl groups excluding tert-OH is 1. The Hall–Kier alpha value is -3.59. The number of ketones is 1. The van der Waals surface area contributed by atoms with Crippen LogP contribution in [0.15, 0.2) is 48.0 Å². The number of Topliss-reactive ketones (excluding diaryl/α,β-unsaturated/α-hetero) is 1. The van der Waals surface area contributed by atoms with E-state index in [2.05, 4.69) is 0 Å². The summed E-state index contributed by atoms with van der Waals surface area (Å²) in [5.74, 6) is -2.69. The molecule has 2 aromatic carbocycles. The van der Waals surface area contributed by atoms with Crippen molar-refractivity contribution < 1.29 is 24.0 Å². The minimum absolute atomic E-state index is 0.0753. The summed E-state index contributed by atoms with van der Waals surface area (Å²) < 4.78 is 14.1. The van der Waals surface area contributed by atoms with Crippen LogP contribution < -0.4 is 0 Å². The minimum atomic E-state index is -0.942. The van der Waals surface area contributed by atoms with Crippen LogP contribution >= 0.6 is 0 Å². The Balaban J connectivity index is 2.11. The van der Waals surface area contributed by atoms with E-state index in [1.54, 1.807) is 6.92 Å². The molecule has 168 valence electrons. The Bertz CT molecular complexity index is 1100. The third kappa shape index (κ3) is 4.52. The van der Waals surface area contributed by atoms with Crippen LogP contribution in [-0.4, -0.2) is 58.7 Å². The number of nitro groups is 1. The second kappa shape index (κ2) is 9.27. The first-order valence-electron chi connectivity index (χ1n) is 10.1. The summed E-state index contributed by atoms with van der Waals surface area (Å²) in [6, 6.07) is 8.58. The number of halogens is 1. The number of non-ortho nitro benzene ring substituents is 1. The molecule has 0 spiro atoms. The van der Waals surface area contributed by atoms with Gasteiger partial charge in [-0.3, -0.25) is 19.7 Å². The summed E-state index contributed by atoms with van der Waals surface area (Å²) in [7, 11) is 3.77. The number of nitrogens with zero attached hydrogens (tertiary/aromatic N) is 3. The van der Waals surface area contributed by atoms with E-state index in [1.165, 1.54) is 41.3 Å². The van der Waals surface area contributed by atoms with Crippen LogP contribution in [0, 0.1) is 22.9 Å². The molecule has 1 heterocycles. The molecule has 0 radical (unpaired) electrons. The average Bonchev–Trinajstić information content (AvgIpc) is 3.00. The van der Waals surface area contributed by atoms with Gasteiger partial charge in [-0.2, -0.15) is 0 Å². The van der Waals surface area contributed by atoms with E-state index in [0.29, 0.717) is 24.1 Å². The molecule has 1 atom stereocenters. The van der Waals surface area contributed by atoms with Gasteiger partial charge < -0.3 is 14.9 Å². The van der Waals surface area contributed by atoms with Crippen LogP contribution in [0.1, 0.15) is 29.2 Å². The van der Waals surface area contributed by atoms with Crippen molar-refractivity contribution in [1.82, 2.24) is 9.80 Å². The standard InChI is InChI=1S/C23H24FN3O5/c1-14-5-6-16(13-18(14)24)21(28)19-20(15-7-9-17(10-8-15)27(31)32)26(23(30)22(19)29)12-4-11-25(2)3/h5-10,13,20,28H,4,11-12H2,1-3H3/t20-/m1/s1. The highest BCUT2D eigenvalue weighted by Crippen LogP contribution is 2.40. The molecule has 1 amide bonds. The molecule has 32 heavy (non-hydrogen) atoms. The maximum absolute atomic E-state index is 14.1. The first kappa shape index (κ1) is 23.1. The van der Waals surface area contributed by atoms with Crippen molar-refractivity contribution in [3.63, 3.8) is 0 Å². The van der Waals surface area contributed by atoms with Gasteiger partial charge in [0.15, 0.2) is 0 Å². The molecule has 1 N–H and O–H groups in total. The molecular weight excluding hydrogens is 417 g/mol. The minimum Gasteiger partial charge on any atom is -0.507 e. The summed E-state index contributed by atoms with van der Waals surface area (Å²) in [5, 5.41) is 21.9. The summed E-state index contributed by atoms with van der Waals surface area (Å²) in [6.45, 7) is 2.47. The fourth-order valence-electron chi connectivity index (χ4n) is 3.69. The molecule has 0 saturated carbocycles. The van der Waals surface area contributed by atoms with E-state index in [0.717, 1.165) is 6.07 Å². The Morgan fingerprint density at radius 3 is 2.41 bits per heavy atom. The molecule has 9 heteroatoms. The van der Waals surface area contributed by atoms with Gasteiger partial charge in [-0.25, -0.2) is 4.39 Å². The van der Waals surface area contributed by atoms with Crippen LogP contribution in [0.4, 0.5) is 10.1 Å². The third-order valence-corrected chi connectivity index (χ3v) is 5.41. The molecule has 0 bridgehead atoms. The average molecular weight is 441 g/mol. The van der Waals surface area contributed by atoms with E-state index in [-0.39, 0.29) is 23.4 Å². The number of benzene rings is 2. The van der Waals surface area contributed by atoms with Gasteiger partial charge in [0.2, 0.25) is 0 Å². The summed E-state index contributed by atoms with van der Waals surface area (Å²) >= 11 is 0. The summed E-state index contributed by atoms with van der Waals surface area (Å²) in [6.07, 6.45) is 0.572. The number of hydrogen-bond acceptors (Lipinski definition) is 6. The number of likely N-dealkylation sites (tertiary alicyclic amines) is 1. The Morgan fingerprint density at radius 2 is 1.84 bits per heavy atom. The smallest absolute Gasteiger partial charge is 0.295 e. The molecule has 0 aromatic heterocycles. The summed E-state index contributed by atoms with van der Waals surface area (Å²) in [4.78, 5) is 39.5. The number of rotatable bonds is 7. The van der Waals surface area contributed by atoms with Crippen molar-refractivity contribution in [2.24, 2.45) is 0 Å². The van der Waals surface area contributed by atoms with E-state index >= 15 is 0 Å². The number of amides is 1. The highest BCUT2D eigenvalue weighted by atomic mass is 19.1. The highest BCUT2D eigenvalue weighted by molar-refractivity contribution is 6.46. The lowest BCUT2D eigenvalue weighted by Gasteiger charge is -2.26. The van der Waals surface area contributed by atoms with Gasteiger partial charge in [0, 0.05) is 24.2 Å². The SMILES string of the molecule is Cc1ccc(C(O)=C2C(=O)C(=O)N(CCCN(C)C)[C@@H]2c2ccc([N+](=O)[O-])cc2)cc1F. The quantitative estimate of drug-likeness (QED) is 0.232. The van der Waals surface area contributed by atoms with E-state index < -0.39 is 34.2 Å². The lowest BCUT2D eigenvalue weighted by molar-refractivity contribution is -0.384. The molecule has 0 aliphatic carbocycles. The zero-order chi connectivity index (χ0) is 23.6. The molecule has 1 aliphatic heterocycles. The van der Waals surface area contributed by atoms with Gasteiger partial charge in [-0.05, 0) is 63.3 Å². The van der Waals surface area contributed by atoms with E-state index in [1.807, 2.05) is 19.0 Å². The second-order valence-electron chi connectivity index (χ2n) is 7.96. The molecule has 1 fully saturated rings. The Labute approximate surface area is 184 Å². The largest absolute Gasteiger partial charge is 0.507 e. The molecule has 8 nitrogen and oxygen atoms in total. The third-order valence-electron chi connectivity index (χ3n) is 5.41. The van der Waals surface area contributed by atoms with Crippen LogP contribution in [-0.2, 0) is 9.59 Å². The number of carbonyl (C=O) groups excluding carboxylic acids is 2. The number of aryl methyl sites for hydroxylation is 1. The van der Waals surface area contributed by atoms with Gasteiger partial charge in [0.25, 0.3) is 17.4 Å². The molecule has 2 aromatic rings. The van der Waals surface area contributed by atoms with E-state index in [9.17, 15) is 29.2 Å². The van der Waals surface area contributed by atoms with Gasteiger partial charge in [-0.15, -0.1) is 0 Å². The molecule has 0 unspecified atom stereocenters. The van der Waals surface area contributed by atoms with Crippen molar-refractivity contribution in [1.29, 1.82) is 0 Å². The normalized spacial score (nSPS) is 17.9.